The van der Waals surface area contributed by atoms with Crippen LogP contribution in [-0.4, -0.2) is 11.0 Å². The van der Waals surface area contributed by atoms with Crippen LogP contribution in [0.5, 0.6) is 5.75 Å². The first-order chi connectivity index (χ1) is 8.56. The lowest BCUT2D eigenvalue weighted by Gasteiger charge is -2.26. The summed E-state index contributed by atoms with van der Waals surface area (Å²) >= 11 is 0. The maximum Gasteiger partial charge on any atom is 0.305 e. The highest BCUT2D eigenvalue weighted by molar-refractivity contribution is 5.38. The van der Waals surface area contributed by atoms with Gasteiger partial charge in [0.25, 0.3) is 0 Å². The lowest BCUT2D eigenvalue weighted by atomic mass is 9.89. The third-order valence-electron chi connectivity index (χ3n) is 3.38. The van der Waals surface area contributed by atoms with Gasteiger partial charge in [-0.15, -0.1) is 0 Å². The number of rotatable bonds is 3. The van der Waals surface area contributed by atoms with Gasteiger partial charge < -0.3 is 4.74 Å². The van der Waals surface area contributed by atoms with Crippen molar-refractivity contribution in [1.29, 1.82) is 0 Å². The van der Waals surface area contributed by atoms with E-state index in [9.17, 15) is 14.5 Å². The lowest BCUT2D eigenvalue weighted by molar-refractivity contribution is -0.387. The molecule has 4 nitrogen and oxygen atoms in total. The van der Waals surface area contributed by atoms with Gasteiger partial charge in [-0.3, -0.25) is 10.1 Å². The van der Waals surface area contributed by atoms with E-state index in [4.69, 9.17) is 4.74 Å². The second-order valence-corrected chi connectivity index (χ2v) is 4.87. The molecule has 0 N–H and O–H groups in total. The molecule has 1 aliphatic carbocycles. The summed E-state index contributed by atoms with van der Waals surface area (Å²) < 4.78 is 19.1. The predicted octanol–water partition coefficient (Wildman–Crippen LogP) is 3.69. The minimum atomic E-state index is -0.846. The molecule has 98 valence electrons. The Bertz CT molecular complexity index is 442. The Balaban J connectivity index is 2.02. The molecule has 0 aliphatic heterocycles. The Kier molecular flexibility index (Phi) is 3.79. The summed E-state index contributed by atoms with van der Waals surface area (Å²) in [7, 11) is 0. The van der Waals surface area contributed by atoms with Crippen LogP contribution in [0.4, 0.5) is 10.1 Å². The minimum Gasteiger partial charge on any atom is -0.490 e. The van der Waals surface area contributed by atoms with Gasteiger partial charge in [0, 0.05) is 12.1 Å². The topological polar surface area (TPSA) is 52.4 Å². The van der Waals surface area contributed by atoms with E-state index in [1.807, 2.05) is 0 Å². The highest BCUT2D eigenvalue weighted by atomic mass is 19.1. The molecule has 18 heavy (non-hydrogen) atoms. The average Bonchev–Trinajstić information content (AvgIpc) is 2.32. The molecule has 0 radical (unpaired) electrons. The van der Waals surface area contributed by atoms with E-state index < -0.39 is 16.4 Å². The first kappa shape index (κ1) is 12.8. The second-order valence-electron chi connectivity index (χ2n) is 4.87. The lowest BCUT2D eigenvalue weighted by Crippen LogP contribution is -2.23. The molecular formula is C13H16FNO3. The SMILES string of the molecule is CC1CCC(Oc2ccc([N+](=O)[O-])c(F)c2)CC1. The Morgan fingerprint density at radius 2 is 2.00 bits per heavy atom. The van der Waals surface area contributed by atoms with Crippen molar-refractivity contribution in [2.45, 2.75) is 38.7 Å². The number of benzene rings is 1. The van der Waals surface area contributed by atoms with Crippen molar-refractivity contribution in [3.05, 3.63) is 34.1 Å². The zero-order valence-corrected chi connectivity index (χ0v) is 10.3. The molecule has 5 heteroatoms. The number of nitrogens with zero attached hydrogens (tertiary/aromatic N) is 1. The molecule has 1 aromatic rings. The van der Waals surface area contributed by atoms with E-state index in [1.54, 1.807) is 0 Å². The van der Waals surface area contributed by atoms with E-state index in [0.29, 0.717) is 5.75 Å². The van der Waals surface area contributed by atoms with Crippen LogP contribution >= 0.6 is 0 Å². The van der Waals surface area contributed by atoms with Crippen molar-refractivity contribution >= 4 is 5.69 Å². The standard InChI is InChI=1S/C13H16FNO3/c1-9-2-4-10(5-3-9)18-11-6-7-13(15(16)17)12(14)8-11/h6-10H,2-5H2,1H3. The maximum atomic E-state index is 13.4. The van der Waals surface area contributed by atoms with E-state index in [1.165, 1.54) is 6.07 Å². The number of nitro groups is 1. The van der Waals surface area contributed by atoms with Crippen LogP contribution in [0, 0.1) is 21.8 Å². The number of halogens is 1. The normalized spacial score (nSPS) is 23.7. The van der Waals surface area contributed by atoms with Crippen LogP contribution < -0.4 is 4.74 Å². The number of ether oxygens (including phenoxy) is 1. The summed E-state index contributed by atoms with van der Waals surface area (Å²) in [6, 6.07) is 3.70. The Morgan fingerprint density at radius 3 is 2.56 bits per heavy atom. The molecule has 0 amide bonds. The molecule has 0 saturated heterocycles. The third kappa shape index (κ3) is 2.97. The van der Waals surface area contributed by atoms with Crippen LogP contribution in [0.25, 0.3) is 0 Å². The summed E-state index contributed by atoms with van der Waals surface area (Å²) in [6.45, 7) is 2.21. The van der Waals surface area contributed by atoms with Gasteiger partial charge in [0.15, 0.2) is 0 Å². The number of hydrogen-bond acceptors (Lipinski definition) is 3. The minimum absolute atomic E-state index is 0.0991. The van der Waals surface area contributed by atoms with Crippen molar-refractivity contribution in [1.82, 2.24) is 0 Å². The fourth-order valence-corrected chi connectivity index (χ4v) is 2.25. The molecule has 0 heterocycles. The summed E-state index contributed by atoms with van der Waals surface area (Å²) in [5.41, 5.74) is -0.514. The van der Waals surface area contributed by atoms with Crippen molar-refractivity contribution < 1.29 is 14.1 Å². The summed E-state index contributed by atoms with van der Waals surface area (Å²) in [4.78, 5) is 9.75. The molecule has 2 rings (SSSR count). The highest BCUT2D eigenvalue weighted by Gasteiger charge is 2.21. The smallest absolute Gasteiger partial charge is 0.305 e. The largest absolute Gasteiger partial charge is 0.490 e. The van der Waals surface area contributed by atoms with E-state index in [0.717, 1.165) is 43.7 Å². The van der Waals surface area contributed by atoms with Crippen LogP contribution in [0.2, 0.25) is 0 Å². The Labute approximate surface area is 105 Å². The highest BCUT2D eigenvalue weighted by Crippen LogP contribution is 2.29. The fraction of sp³-hybridized carbons (Fsp3) is 0.538. The van der Waals surface area contributed by atoms with Gasteiger partial charge in [-0.25, -0.2) is 0 Å². The quantitative estimate of drug-likeness (QED) is 0.609. The number of nitro benzene ring substituents is 1. The van der Waals surface area contributed by atoms with Gasteiger partial charge in [-0.05, 0) is 37.7 Å². The van der Waals surface area contributed by atoms with Crippen LogP contribution in [-0.2, 0) is 0 Å². The molecule has 0 spiro atoms. The van der Waals surface area contributed by atoms with Gasteiger partial charge in [0.1, 0.15) is 5.75 Å². The molecule has 0 atom stereocenters. The molecule has 1 aromatic carbocycles. The zero-order valence-electron chi connectivity index (χ0n) is 10.3. The molecule has 1 aliphatic rings. The van der Waals surface area contributed by atoms with Crippen LogP contribution in [0.1, 0.15) is 32.6 Å². The van der Waals surface area contributed by atoms with Crippen molar-refractivity contribution in [2.24, 2.45) is 5.92 Å². The maximum absolute atomic E-state index is 13.4. The average molecular weight is 253 g/mol. The molecule has 0 unspecified atom stereocenters. The van der Waals surface area contributed by atoms with Crippen molar-refractivity contribution in [3.8, 4) is 5.75 Å². The van der Waals surface area contributed by atoms with E-state index in [-0.39, 0.29) is 6.10 Å². The third-order valence-corrected chi connectivity index (χ3v) is 3.38. The first-order valence-electron chi connectivity index (χ1n) is 6.17. The van der Waals surface area contributed by atoms with Gasteiger partial charge in [0.05, 0.1) is 11.0 Å². The van der Waals surface area contributed by atoms with Gasteiger partial charge in [-0.2, -0.15) is 4.39 Å². The molecular weight excluding hydrogens is 237 g/mol. The van der Waals surface area contributed by atoms with Gasteiger partial charge in [-0.1, -0.05) is 6.92 Å². The van der Waals surface area contributed by atoms with Gasteiger partial charge >= 0.3 is 5.69 Å². The van der Waals surface area contributed by atoms with Crippen molar-refractivity contribution in [3.63, 3.8) is 0 Å². The summed E-state index contributed by atoms with van der Waals surface area (Å²) in [5, 5.41) is 10.5. The zero-order chi connectivity index (χ0) is 13.1. The Morgan fingerprint density at radius 1 is 1.33 bits per heavy atom. The van der Waals surface area contributed by atoms with Crippen LogP contribution in [0.15, 0.2) is 18.2 Å². The van der Waals surface area contributed by atoms with Crippen LogP contribution in [0.3, 0.4) is 0 Å². The fourth-order valence-electron chi connectivity index (χ4n) is 2.25. The predicted molar refractivity (Wildman–Crippen MR) is 65.1 cm³/mol. The summed E-state index contributed by atoms with van der Waals surface area (Å²) in [5.74, 6) is 0.248. The molecule has 1 saturated carbocycles. The number of hydrogen-bond donors (Lipinski definition) is 0. The molecule has 0 aromatic heterocycles. The molecule has 0 bridgehead atoms. The molecule has 1 fully saturated rings. The second kappa shape index (κ2) is 5.33. The van der Waals surface area contributed by atoms with E-state index >= 15 is 0 Å². The monoisotopic (exact) mass is 253 g/mol. The van der Waals surface area contributed by atoms with Gasteiger partial charge in [0.2, 0.25) is 5.82 Å². The van der Waals surface area contributed by atoms with Crippen molar-refractivity contribution in [2.75, 3.05) is 0 Å². The summed E-state index contributed by atoms with van der Waals surface area (Å²) in [6.07, 6.45) is 4.24. The Hall–Kier alpha value is -1.65. The van der Waals surface area contributed by atoms with E-state index in [2.05, 4.69) is 6.92 Å². The first-order valence-corrected chi connectivity index (χ1v) is 6.17.